The molecular formula is C14H12F3N5O4. The van der Waals surface area contributed by atoms with Crippen LogP contribution in [0, 0.1) is 10.1 Å². The predicted octanol–water partition coefficient (Wildman–Crippen LogP) is 1.96. The van der Waals surface area contributed by atoms with Crippen LogP contribution in [0.4, 0.5) is 24.9 Å². The maximum atomic E-state index is 12.7. The van der Waals surface area contributed by atoms with Gasteiger partial charge in [-0.15, -0.1) is 0 Å². The molecule has 0 aliphatic carbocycles. The second kappa shape index (κ2) is 6.61. The fourth-order valence-electron chi connectivity index (χ4n) is 2.51. The number of rotatable bonds is 3. The van der Waals surface area contributed by atoms with Gasteiger partial charge in [0.15, 0.2) is 5.76 Å². The summed E-state index contributed by atoms with van der Waals surface area (Å²) in [6.07, 6.45) is -3.72. The summed E-state index contributed by atoms with van der Waals surface area (Å²) in [5.74, 6) is -1.09. The molecule has 0 bridgehead atoms. The molecule has 1 fully saturated rings. The minimum Gasteiger partial charge on any atom is -0.395 e. The number of piperazine rings is 1. The average molecular weight is 371 g/mol. The van der Waals surface area contributed by atoms with Crippen molar-refractivity contribution in [2.24, 2.45) is 0 Å². The van der Waals surface area contributed by atoms with E-state index in [0.29, 0.717) is 0 Å². The maximum Gasteiger partial charge on any atom is 0.433 e. The minimum absolute atomic E-state index is 0.119. The average Bonchev–Trinajstić information content (AvgIpc) is 3.11. The van der Waals surface area contributed by atoms with Crippen molar-refractivity contribution in [2.75, 3.05) is 31.1 Å². The Morgan fingerprint density at radius 3 is 2.46 bits per heavy atom. The summed E-state index contributed by atoms with van der Waals surface area (Å²) in [6.45, 7) is 0.920. The van der Waals surface area contributed by atoms with Crippen LogP contribution in [0.25, 0.3) is 0 Å². The molecule has 0 aromatic carbocycles. The minimum atomic E-state index is -4.57. The molecule has 26 heavy (non-hydrogen) atoms. The number of aromatic nitrogens is 2. The lowest BCUT2D eigenvalue weighted by Gasteiger charge is -2.35. The van der Waals surface area contributed by atoms with E-state index in [1.807, 2.05) is 0 Å². The molecule has 2 aromatic heterocycles. The summed E-state index contributed by atoms with van der Waals surface area (Å²) in [7, 11) is 0. The molecule has 2 aromatic rings. The molecule has 1 aliphatic heterocycles. The fourth-order valence-corrected chi connectivity index (χ4v) is 2.51. The highest BCUT2D eigenvalue weighted by Gasteiger charge is 2.34. The van der Waals surface area contributed by atoms with E-state index in [-0.39, 0.29) is 37.8 Å². The zero-order valence-electron chi connectivity index (χ0n) is 13.1. The summed E-state index contributed by atoms with van der Waals surface area (Å²) in [5, 5.41) is 10.6. The van der Waals surface area contributed by atoms with Gasteiger partial charge in [0.2, 0.25) is 0 Å². The van der Waals surface area contributed by atoms with Crippen LogP contribution >= 0.6 is 0 Å². The Balaban J connectivity index is 1.65. The molecule has 9 nitrogen and oxygen atoms in total. The quantitative estimate of drug-likeness (QED) is 0.600. The third-order valence-electron chi connectivity index (χ3n) is 3.82. The number of carbonyl (C=O) groups is 1. The molecule has 1 saturated heterocycles. The topological polar surface area (TPSA) is 106 Å². The number of hydrogen-bond donors (Lipinski definition) is 0. The van der Waals surface area contributed by atoms with Crippen molar-refractivity contribution in [3.05, 3.63) is 46.1 Å². The van der Waals surface area contributed by atoms with Crippen LogP contribution in [0.1, 0.15) is 16.2 Å². The SMILES string of the molecule is O=C(c1ccc([N+](=O)[O-])o1)N1CCN(c2cc(C(F)(F)F)ncn2)CC1. The van der Waals surface area contributed by atoms with Crippen LogP contribution in [0.3, 0.4) is 0 Å². The summed E-state index contributed by atoms with van der Waals surface area (Å²) < 4.78 is 43.1. The van der Waals surface area contributed by atoms with E-state index in [1.54, 1.807) is 4.90 Å². The van der Waals surface area contributed by atoms with Gasteiger partial charge in [-0.25, -0.2) is 9.97 Å². The number of carbonyl (C=O) groups excluding carboxylic acids is 1. The van der Waals surface area contributed by atoms with Crippen LogP contribution in [0.5, 0.6) is 0 Å². The van der Waals surface area contributed by atoms with E-state index >= 15 is 0 Å². The fraction of sp³-hybridized carbons (Fsp3) is 0.357. The Bertz CT molecular complexity index is 830. The lowest BCUT2D eigenvalue weighted by Crippen LogP contribution is -2.49. The van der Waals surface area contributed by atoms with E-state index in [4.69, 9.17) is 4.42 Å². The Morgan fingerprint density at radius 2 is 1.88 bits per heavy atom. The molecule has 3 heterocycles. The number of nitrogens with zero attached hydrogens (tertiary/aromatic N) is 5. The van der Waals surface area contributed by atoms with E-state index in [2.05, 4.69) is 9.97 Å². The molecular weight excluding hydrogens is 359 g/mol. The van der Waals surface area contributed by atoms with Gasteiger partial charge in [0, 0.05) is 32.2 Å². The lowest BCUT2D eigenvalue weighted by molar-refractivity contribution is -0.402. The zero-order valence-corrected chi connectivity index (χ0v) is 13.1. The Labute approximate surface area is 144 Å². The van der Waals surface area contributed by atoms with Crippen LogP contribution < -0.4 is 4.90 Å². The van der Waals surface area contributed by atoms with Gasteiger partial charge in [-0.2, -0.15) is 13.2 Å². The normalized spacial score (nSPS) is 15.2. The van der Waals surface area contributed by atoms with Crippen LogP contribution in [0.2, 0.25) is 0 Å². The van der Waals surface area contributed by atoms with Crippen molar-refractivity contribution in [3.63, 3.8) is 0 Å². The summed E-state index contributed by atoms with van der Waals surface area (Å²) in [6, 6.07) is 3.16. The lowest BCUT2D eigenvalue weighted by atomic mass is 10.2. The first-order valence-electron chi connectivity index (χ1n) is 7.43. The van der Waals surface area contributed by atoms with Gasteiger partial charge in [0.05, 0.1) is 6.07 Å². The van der Waals surface area contributed by atoms with Crippen LogP contribution in [-0.2, 0) is 6.18 Å². The maximum absolute atomic E-state index is 12.7. The van der Waals surface area contributed by atoms with Crippen LogP contribution in [0.15, 0.2) is 28.9 Å². The van der Waals surface area contributed by atoms with Crippen molar-refractivity contribution in [2.45, 2.75) is 6.18 Å². The van der Waals surface area contributed by atoms with Gasteiger partial charge in [-0.1, -0.05) is 0 Å². The molecule has 0 saturated carbocycles. The summed E-state index contributed by atoms with van der Waals surface area (Å²) in [5.41, 5.74) is -1.04. The molecule has 0 spiro atoms. The van der Waals surface area contributed by atoms with Crippen molar-refractivity contribution in [3.8, 4) is 0 Å². The van der Waals surface area contributed by atoms with Gasteiger partial charge < -0.3 is 14.2 Å². The molecule has 1 amide bonds. The third kappa shape index (κ3) is 3.58. The number of alkyl halides is 3. The smallest absolute Gasteiger partial charge is 0.395 e. The van der Waals surface area contributed by atoms with Crippen molar-refractivity contribution in [1.82, 2.24) is 14.9 Å². The molecule has 1 aliphatic rings. The number of furan rings is 1. The number of amides is 1. The van der Waals surface area contributed by atoms with E-state index in [0.717, 1.165) is 18.5 Å². The molecule has 0 N–H and O–H groups in total. The van der Waals surface area contributed by atoms with E-state index in [1.165, 1.54) is 11.0 Å². The van der Waals surface area contributed by atoms with Gasteiger partial charge in [0.25, 0.3) is 5.91 Å². The Hall–Kier alpha value is -3.18. The summed E-state index contributed by atoms with van der Waals surface area (Å²) >= 11 is 0. The zero-order chi connectivity index (χ0) is 18.9. The summed E-state index contributed by atoms with van der Waals surface area (Å²) in [4.78, 5) is 32.2. The Morgan fingerprint density at radius 1 is 1.19 bits per heavy atom. The van der Waals surface area contributed by atoms with Crippen molar-refractivity contribution in [1.29, 1.82) is 0 Å². The highest BCUT2D eigenvalue weighted by Crippen LogP contribution is 2.29. The number of hydrogen-bond acceptors (Lipinski definition) is 7. The first-order chi connectivity index (χ1) is 12.3. The molecule has 12 heteroatoms. The Kier molecular flexibility index (Phi) is 4.49. The molecule has 0 radical (unpaired) electrons. The van der Waals surface area contributed by atoms with Crippen LogP contribution in [-0.4, -0.2) is 51.9 Å². The van der Waals surface area contributed by atoms with Gasteiger partial charge >= 0.3 is 12.1 Å². The predicted molar refractivity (Wildman–Crippen MR) is 80.5 cm³/mol. The standard InChI is InChI=1S/C14H12F3N5O4/c15-14(16,17)10-7-11(19-8-18-10)20-3-5-21(6-4-20)13(23)9-1-2-12(26-9)22(24)25/h1-2,7-8H,3-6H2. The highest BCUT2D eigenvalue weighted by molar-refractivity contribution is 5.92. The molecule has 3 rings (SSSR count). The van der Waals surface area contributed by atoms with E-state index < -0.39 is 28.6 Å². The van der Waals surface area contributed by atoms with Gasteiger partial charge in [0.1, 0.15) is 22.8 Å². The van der Waals surface area contributed by atoms with Crippen molar-refractivity contribution < 1.29 is 27.3 Å². The monoisotopic (exact) mass is 371 g/mol. The molecule has 0 atom stereocenters. The highest BCUT2D eigenvalue weighted by atomic mass is 19.4. The van der Waals surface area contributed by atoms with Gasteiger partial charge in [-0.3, -0.25) is 14.9 Å². The molecule has 138 valence electrons. The molecule has 0 unspecified atom stereocenters. The number of halogens is 3. The van der Waals surface area contributed by atoms with E-state index in [9.17, 15) is 28.1 Å². The number of anilines is 1. The van der Waals surface area contributed by atoms with Crippen molar-refractivity contribution >= 4 is 17.6 Å². The first kappa shape index (κ1) is 17.6. The first-order valence-corrected chi connectivity index (χ1v) is 7.43. The van der Waals surface area contributed by atoms with Gasteiger partial charge in [-0.05, 0) is 6.07 Å². The second-order valence-electron chi connectivity index (χ2n) is 5.43. The number of nitro groups is 1. The third-order valence-corrected chi connectivity index (χ3v) is 3.82. The largest absolute Gasteiger partial charge is 0.433 e. The second-order valence-corrected chi connectivity index (χ2v) is 5.43.